The van der Waals surface area contributed by atoms with Gasteiger partial charge in [-0.25, -0.2) is 0 Å². The number of anilines is 1. The van der Waals surface area contributed by atoms with Gasteiger partial charge in [0.1, 0.15) is 5.75 Å². The van der Waals surface area contributed by atoms with Gasteiger partial charge in [-0.05, 0) is 41.7 Å². The standard InChI is InChI=1S/C22H28N2O3/c1-5-15(2)19-8-6-7-9-20(19)24-22(26)14-21(23-16(3)25)17-10-12-18(27-4)13-11-17/h6-13,15,21H,5,14H2,1-4H3,(H,23,25)(H,24,26)/t15-,21-/m0/s1. The van der Waals surface area contributed by atoms with Crippen LogP contribution in [0.3, 0.4) is 0 Å². The summed E-state index contributed by atoms with van der Waals surface area (Å²) in [5, 5.41) is 5.87. The average molecular weight is 368 g/mol. The van der Waals surface area contributed by atoms with E-state index in [-0.39, 0.29) is 18.2 Å². The fourth-order valence-electron chi connectivity index (χ4n) is 2.98. The number of methoxy groups -OCH3 is 1. The number of carbonyl (C=O) groups is 2. The van der Waals surface area contributed by atoms with Gasteiger partial charge in [-0.1, -0.05) is 44.2 Å². The van der Waals surface area contributed by atoms with E-state index in [1.165, 1.54) is 6.92 Å². The molecule has 0 spiro atoms. The predicted octanol–water partition coefficient (Wildman–Crippen LogP) is 4.41. The molecule has 0 saturated carbocycles. The maximum atomic E-state index is 12.7. The molecule has 2 rings (SSSR count). The van der Waals surface area contributed by atoms with E-state index in [0.717, 1.165) is 29.0 Å². The summed E-state index contributed by atoms with van der Waals surface area (Å²) in [6.07, 6.45) is 1.15. The van der Waals surface area contributed by atoms with Crippen LogP contribution < -0.4 is 15.4 Å². The second-order valence-corrected chi connectivity index (χ2v) is 6.68. The van der Waals surface area contributed by atoms with E-state index in [2.05, 4.69) is 24.5 Å². The Balaban J connectivity index is 2.15. The lowest BCUT2D eigenvalue weighted by atomic mass is 9.96. The Morgan fingerprint density at radius 2 is 1.74 bits per heavy atom. The third kappa shape index (κ3) is 5.84. The highest BCUT2D eigenvalue weighted by Crippen LogP contribution is 2.27. The molecule has 2 aromatic rings. The minimum absolute atomic E-state index is 0.139. The maximum Gasteiger partial charge on any atom is 0.226 e. The minimum Gasteiger partial charge on any atom is -0.497 e. The molecule has 2 atom stereocenters. The van der Waals surface area contributed by atoms with Crippen LogP contribution in [0.4, 0.5) is 5.69 Å². The van der Waals surface area contributed by atoms with Gasteiger partial charge in [0, 0.05) is 12.6 Å². The molecule has 0 fully saturated rings. The van der Waals surface area contributed by atoms with Crippen molar-refractivity contribution in [1.82, 2.24) is 5.32 Å². The first kappa shape index (κ1) is 20.5. The molecule has 0 aromatic heterocycles. The number of nitrogens with one attached hydrogen (secondary N) is 2. The quantitative estimate of drug-likeness (QED) is 0.725. The van der Waals surface area contributed by atoms with Gasteiger partial charge in [0.25, 0.3) is 0 Å². The van der Waals surface area contributed by atoms with E-state index in [0.29, 0.717) is 5.92 Å². The second-order valence-electron chi connectivity index (χ2n) is 6.68. The third-order valence-corrected chi connectivity index (χ3v) is 4.66. The maximum absolute atomic E-state index is 12.7. The van der Waals surface area contributed by atoms with Crippen LogP contribution >= 0.6 is 0 Å². The Kier molecular flexibility index (Phi) is 7.41. The summed E-state index contributed by atoms with van der Waals surface area (Å²) < 4.78 is 5.17. The van der Waals surface area contributed by atoms with Crippen molar-refractivity contribution < 1.29 is 14.3 Å². The number of amides is 2. The topological polar surface area (TPSA) is 67.4 Å². The largest absolute Gasteiger partial charge is 0.497 e. The van der Waals surface area contributed by atoms with Crippen LogP contribution in [-0.2, 0) is 9.59 Å². The molecule has 144 valence electrons. The molecule has 0 bridgehead atoms. The number of para-hydroxylation sites is 1. The number of hydrogen-bond acceptors (Lipinski definition) is 3. The molecule has 0 radical (unpaired) electrons. The highest BCUT2D eigenvalue weighted by molar-refractivity contribution is 5.92. The van der Waals surface area contributed by atoms with Gasteiger partial charge in [0.15, 0.2) is 0 Å². The number of rotatable bonds is 8. The molecule has 0 heterocycles. The first-order chi connectivity index (χ1) is 12.9. The highest BCUT2D eigenvalue weighted by atomic mass is 16.5. The van der Waals surface area contributed by atoms with Crippen LogP contribution in [0.1, 0.15) is 56.7 Å². The van der Waals surface area contributed by atoms with Crippen molar-refractivity contribution in [2.75, 3.05) is 12.4 Å². The van der Waals surface area contributed by atoms with E-state index in [1.807, 2.05) is 48.5 Å². The molecule has 27 heavy (non-hydrogen) atoms. The third-order valence-electron chi connectivity index (χ3n) is 4.66. The molecule has 0 aliphatic heterocycles. The van der Waals surface area contributed by atoms with Crippen LogP contribution in [0.5, 0.6) is 5.75 Å². The zero-order valence-corrected chi connectivity index (χ0v) is 16.4. The lowest BCUT2D eigenvalue weighted by molar-refractivity contribution is -0.120. The summed E-state index contributed by atoms with van der Waals surface area (Å²) in [6.45, 7) is 5.72. The van der Waals surface area contributed by atoms with Gasteiger partial charge < -0.3 is 15.4 Å². The summed E-state index contributed by atoms with van der Waals surface area (Å²) in [7, 11) is 1.60. The van der Waals surface area contributed by atoms with Crippen molar-refractivity contribution in [3.05, 3.63) is 59.7 Å². The molecule has 2 aromatic carbocycles. The van der Waals surface area contributed by atoms with E-state index < -0.39 is 6.04 Å². The normalized spacial score (nSPS) is 12.7. The Morgan fingerprint density at radius 3 is 2.33 bits per heavy atom. The van der Waals surface area contributed by atoms with Crippen molar-refractivity contribution in [2.45, 2.75) is 45.6 Å². The predicted molar refractivity (Wildman–Crippen MR) is 108 cm³/mol. The summed E-state index contributed by atoms with van der Waals surface area (Å²) in [4.78, 5) is 24.3. The van der Waals surface area contributed by atoms with Crippen molar-refractivity contribution in [3.63, 3.8) is 0 Å². The first-order valence-electron chi connectivity index (χ1n) is 9.24. The molecular formula is C22H28N2O3. The van der Waals surface area contributed by atoms with Crippen LogP contribution in [0.2, 0.25) is 0 Å². The molecule has 0 aliphatic carbocycles. The number of hydrogen-bond donors (Lipinski definition) is 2. The molecule has 5 heteroatoms. The summed E-state index contributed by atoms with van der Waals surface area (Å²) in [5.74, 6) is 0.769. The van der Waals surface area contributed by atoms with Crippen LogP contribution in [-0.4, -0.2) is 18.9 Å². The Morgan fingerprint density at radius 1 is 1.07 bits per heavy atom. The SMILES string of the molecule is CC[C@H](C)c1ccccc1NC(=O)C[C@H](NC(C)=O)c1ccc(OC)cc1. The van der Waals surface area contributed by atoms with Crippen molar-refractivity contribution >= 4 is 17.5 Å². The fraction of sp³-hybridized carbons (Fsp3) is 0.364. The monoisotopic (exact) mass is 368 g/mol. The molecule has 5 nitrogen and oxygen atoms in total. The zero-order valence-electron chi connectivity index (χ0n) is 16.4. The second kappa shape index (κ2) is 9.76. The highest BCUT2D eigenvalue weighted by Gasteiger charge is 2.18. The molecular weight excluding hydrogens is 340 g/mol. The number of benzene rings is 2. The number of ether oxygens (including phenoxy) is 1. The lowest BCUT2D eigenvalue weighted by Gasteiger charge is -2.20. The van der Waals surface area contributed by atoms with E-state index in [9.17, 15) is 9.59 Å². The molecule has 0 aliphatic rings. The minimum atomic E-state index is -0.399. The fourth-order valence-corrected chi connectivity index (χ4v) is 2.98. The van der Waals surface area contributed by atoms with E-state index in [1.54, 1.807) is 7.11 Å². The Bertz CT molecular complexity index is 771. The van der Waals surface area contributed by atoms with Crippen LogP contribution in [0.25, 0.3) is 0 Å². The van der Waals surface area contributed by atoms with E-state index in [4.69, 9.17) is 4.74 Å². The molecule has 2 amide bonds. The first-order valence-corrected chi connectivity index (χ1v) is 9.24. The zero-order chi connectivity index (χ0) is 19.8. The van der Waals surface area contributed by atoms with Gasteiger partial charge in [-0.2, -0.15) is 0 Å². The van der Waals surface area contributed by atoms with Crippen LogP contribution in [0.15, 0.2) is 48.5 Å². The van der Waals surface area contributed by atoms with E-state index >= 15 is 0 Å². The number of carbonyl (C=O) groups excluding carboxylic acids is 2. The van der Waals surface area contributed by atoms with Crippen molar-refractivity contribution in [3.8, 4) is 5.75 Å². The van der Waals surface area contributed by atoms with Gasteiger partial charge >= 0.3 is 0 Å². The summed E-state index contributed by atoms with van der Waals surface area (Å²) in [6, 6.07) is 14.8. The Hall–Kier alpha value is -2.82. The van der Waals surface area contributed by atoms with Crippen LogP contribution in [0, 0.1) is 0 Å². The average Bonchev–Trinajstić information content (AvgIpc) is 2.67. The molecule has 0 unspecified atom stereocenters. The molecule has 2 N–H and O–H groups in total. The lowest BCUT2D eigenvalue weighted by Crippen LogP contribution is -2.30. The van der Waals surface area contributed by atoms with Crippen molar-refractivity contribution in [2.24, 2.45) is 0 Å². The van der Waals surface area contributed by atoms with Gasteiger partial charge in [-0.3, -0.25) is 9.59 Å². The Labute approximate surface area is 161 Å². The smallest absolute Gasteiger partial charge is 0.226 e. The van der Waals surface area contributed by atoms with Gasteiger partial charge in [-0.15, -0.1) is 0 Å². The molecule has 0 saturated heterocycles. The van der Waals surface area contributed by atoms with Gasteiger partial charge in [0.05, 0.1) is 19.6 Å². The summed E-state index contributed by atoms with van der Waals surface area (Å²) >= 11 is 0. The van der Waals surface area contributed by atoms with Gasteiger partial charge in [0.2, 0.25) is 11.8 Å². The summed E-state index contributed by atoms with van der Waals surface area (Å²) in [5.41, 5.74) is 2.80. The van der Waals surface area contributed by atoms with Crippen molar-refractivity contribution in [1.29, 1.82) is 0 Å².